The highest BCUT2D eigenvalue weighted by Crippen LogP contribution is 2.33. The molecule has 0 saturated heterocycles. The number of hydrogen-bond donors (Lipinski definition) is 1. The van der Waals surface area contributed by atoms with E-state index in [1.807, 2.05) is 10.6 Å². The number of ketones is 1. The van der Waals surface area contributed by atoms with Gasteiger partial charge in [-0.3, -0.25) is 9.59 Å². The van der Waals surface area contributed by atoms with Crippen LogP contribution in [0.15, 0.2) is 66.7 Å². The first kappa shape index (κ1) is 19.0. The molecule has 4 rings (SSSR count). The first-order chi connectivity index (χ1) is 13.8. The summed E-state index contributed by atoms with van der Waals surface area (Å²) < 4.78 is 39.8. The number of nitrogens with one attached hydrogen (secondary N) is 1. The van der Waals surface area contributed by atoms with Gasteiger partial charge in [-0.25, -0.2) is 0 Å². The number of amides is 1. The zero-order valence-corrected chi connectivity index (χ0v) is 15.2. The Morgan fingerprint density at radius 3 is 2.28 bits per heavy atom. The molecule has 4 nitrogen and oxygen atoms in total. The number of fused-ring (bicyclic) bond motifs is 1. The van der Waals surface area contributed by atoms with E-state index in [2.05, 4.69) is 5.32 Å². The minimum Gasteiger partial charge on any atom is -0.341 e. The largest absolute Gasteiger partial charge is 0.416 e. The van der Waals surface area contributed by atoms with E-state index >= 15 is 0 Å². The number of carbonyl (C=O) groups excluding carboxylic acids is 2. The predicted octanol–water partition coefficient (Wildman–Crippen LogP) is 4.86. The molecule has 1 aliphatic heterocycles. The molecule has 0 fully saturated rings. The van der Waals surface area contributed by atoms with Crippen LogP contribution in [0.25, 0.3) is 0 Å². The number of anilines is 1. The van der Waals surface area contributed by atoms with Crippen LogP contribution >= 0.6 is 0 Å². The average molecular weight is 398 g/mol. The first-order valence-electron chi connectivity index (χ1n) is 9.12. The summed E-state index contributed by atoms with van der Waals surface area (Å²) in [6.45, 7) is 0.529. The van der Waals surface area contributed by atoms with Crippen LogP contribution in [-0.4, -0.2) is 16.3 Å². The van der Waals surface area contributed by atoms with Crippen LogP contribution in [0.3, 0.4) is 0 Å². The van der Waals surface area contributed by atoms with Crippen LogP contribution in [0.5, 0.6) is 0 Å². The van der Waals surface area contributed by atoms with Crippen molar-refractivity contribution in [1.82, 2.24) is 4.57 Å². The molecule has 0 saturated carbocycles. The number of aromatic nitrogens is 1. The molecular weight excluding hydrogens is 381 g/mol. The Balaban J connectivity index is 1.51. The molecule has 3 aromatic rings. The number of nitrogens with zero attached hydrogens (tertiary/aromatic N) is 1. The van der Waals surface area contributed by atoms with Crippen LogP contribution in [-0.2, 0) is 17.5 Å². The second-order valence-electron chi connectivity index (χ2n) is 6.90. The van der Waals surface area contributed by atoms with Gasteiger partial charge >= 0.3 is 6.18 Å². The van der Waals surface area contributed by atoms with Crippen molar-refractivity contribution in [3.8, 4) is 0 Å². The van der Waals surface area contributed by atoms with E-state index in [1.54, 1.807) is 36.4 Å². The Labute approximate surface area is 165 Å². The minimum absolute atomic E-state index is 0.111. The molecule has 0 aliphatic carbocycles. The van der Waals surface area contributed by atoms with Crippen LogP contribution in [0.1, 0.15) is 39.6 Å². The van der Waals surface area contributed by atoms with Crippen molar-refractivity contribution < 1.29 is 22.8 Å². The number of rotatable bonds is 4. The highest BCUT2D eigenvalue weighted by atomic mass is 19.4. The molecule has 29 heavy (non-hydrogen) atoms. The van der Waals surface area contributed by atoms with E-state index < -0.39 is 17.7 Å². The molecule has 1 atom stereocenters. The molecule has 1 aromatic heterocycles. The van der Waals surface area contributed by atoms with Crippen LogP contribution < -0.4 is 5.32 Å². The highest BCUT2D eigenvalue weighted by Gasteiger charge is 2.33. The van der Waals surface area contributed by atoms with E-state index in [4.69, 9.17) is 0 Å². The van der Waals surface area contributed by atoms with Gasteiger partial charge in [-0.2, -0.15) is 13.2 Å². The van der Waals surface area contributed by atoms with Gasteiger partial charge in [0.05, 0.1) is 17.2 Å². The molecular formula is C22H17F3N2O2. The fourth-order valence-corrected chi connectivity index (χ4v) is 3.62. The fourth-order valence-electron chi connectivity index (χ4n) is 3.62. The Kier molecular flexibility index (Phi) is 4.74. The van der Waals surface area contributed by atoms with Crippen molar-refractivity contribution in [1.29, 1.82) is 0 Å². The smallest absolute Gasteiger partial charge is 0.341 e. The van der Waals surface area contributed by atoms with Gasteiger partial charge < -0.3 is 9.88 Å². The van der Waals surface area contributed by atoms with Gasteiger partial charge in [0.15, 0.2) is 0 Å². The third-order valence-corrected chi connectivity index (χ3v) is 5.08. The van der Waals surface area contributed by atoms with Crippen LogP contribution in [0, 0.1) is 0 Å². The topological polar surface area (TPSA) is 51.1 Å². The van der Waals surface area contributed by atoms with Crippen molar-refractivity contribution >= 4 is 17.4 Å². The molecule has 2 heterocycles. The van der Waals surface area contributed by atoms with Gasteiger partial charge in [0, 0.05) is 23.5 Å². The van der Waals surface area contributed by atoms with Gasteiger partial charge in [-0.05, 0) is 42.8 Å². The summed E-state index contributed by atoms with van der Waals surface area (Å²) in [5.74, 6) is -0.879. The highest BCUT2D eigenvalue weighted by molar-refractivity contribution is 6.08. The Morgan fingerprint density at radius 2 is 1.62 bits per heavy atom. The second-order valence-corrected chi connectivity index (χ2v) is 6.90. The number of hydrogen-bond acceptors (Lipinski definition) is 2. The maximum absolute atomic E-state index is 12.7. The maximum atomic E-state index is 12.7. The standard InChI is InChI=1S/C22H17F3N2O2/c23-22(24,25)15-6-8-16(9-7-15)26-21(29)17-12-13-27-18(17)10-11-19(27)20(28)14-4-2-1-3-5-14/h1-11,17H,12-13H2,(H,26,29)/t17-/m1/s1. The summed E-state index contributed by atoms with van der Waals surface area (Å²) in [5, 5.41) is 2.67. The second kappa shape index (κ2) is 7.24. The van der Waals surface area contributed by atoms with Crippen LogP contribution in [0.2, 0.25) is 0 Å². The van der Waals surface area contributed by atoms with Crippen molar-refractivity contribution in [3.05, 3.63) is 89.2 Å². The van der Waals surface area contributed by atoms with Crippen LogP contribution in [0.4, 0.5) is 18.9 Å². The number of benzene rings is 2. The lowest BCUT2D eigenvalue weighted by molar-refractivity contribution is -0.137. The molecule has 0 radical (unpaired) electrons. The SMILES string of the molecule is O=C(c1ccccc1)c1ccc2n1CC[C@H]2C(=O)Nc1ccc(C(F)(F)F)cc1. The number of carbonyl (C=O) groups is 2. The van der Waals surface area contributed by atoms with Crippen molar-refractivity contribution in [2.75, 3.05) is 5.32 Å². The van der Waals surface area contributed by atoms with E-state index in [9.17, 15) is 22.8 Å². The monoisotopic (exact) mass is 398 g/mol. The lowest BCUT2D eigenvalue weighted by atomic mass is 10.0. The zero-order chi connectivity index (χ0) is 20.6. The van der Waals surface area contributed by atoms with E-state index in [1.165, 1.54) is 12.1 Å². The third-order valence-electron chi connectivity index (χ3n) is 5.08. The normalized spacial score (nSPS) is 15.8. The van der Waals surface area contributed by atoms with E-state index in [0.29, 0.717) is 29.9 Å². The Morgan fingerprint density at radius 1 is 0.931 bits per heavy atom. The van der Waals surface area contributed by atoms with Gasteiger partial charge in [-0.15, -0.1) is 0 Å². The Hall–Kier alpha value is -3.35. The minimum atomic E-state index is -4.42. The van der Waals surface area contributed by atoms with Crippen molar-refractivity contribution in [2.45, 2.75) is 25.1 Å². The summed E-state index contributed by atoms with van der Waals surface area (Å²) in [5.41, 5.74) is 1.36. The summed E-state index contributed by atoms with van der Waals surface area (Å²) in [6.07, 6.45) is -3.89. The maximum Gasteiger partial charge on any atom is 0.416 e. The summed E-state index contributed by atoms with van der Waals surface area (Å²) in [6, 6.07) is 16.7. The van der Waals surface area contributed by atoms with Gasteiger partial charge in [-0.1, -0.05) is 30.3 Å². The quantitative estimate of drug-likeness (QED) is 0.638. The van der Waals surface area contributed by atoms with Gasteiger partial charge in [0.25, 0.3) is 0 Å². The molecule has 7 heteroatoms. The van der Waals surface area contributed by atoms with Crippen molar-refractivity contribution in [3.63, 3.8) is 0 Å². The number of alkyl halides is 3. The summed E-state index contributed by atoms with van der Waals surface area (Å²) >= 11 is 0. The summed E-state index contributed by atoms with van der Waals surface area (Å²) in [7, 11) is 0. The molecule has 0 spiro atoms. The molecule has 0 unspecified atom stereocenters. The molecule has 1 aliphatic rings. The predicted molar refractivity (Wildman–Crippen MR) is 102 cm³/mol. The Bertz CT molecular complexity index is 1050. The van der Waals surface area contributed by atoms with E-state index in [-0.39, 0.29) is 11.7 Å². The van der Waals surface area contributed by atoms with E-state index in [0.717, 1.165) is 17.8 Å². The summed E-state index contributed by atoms with van der Waals surface area (Å²) in [4.78, 5) is 25.4. The molecule has 148 valence electrons. The molecule has 0 bridgehead atoms. The average Bonchev–Trinajstić information content (AvgIpc) is 3.30. The third kappa shape index (κ3) is 3.68. The lowest BCUT2D eigenvalue weighted by Gasteiger charge is -2.12. The zero-order valence-electron chi connectivity index (χ0n) is 15.2. The number of halogens is 3. The van der Waals surface area contributed by atoms with Gasteiger partial charge in [0.2, 0.25) is 11.7 Å². The van der Waals surface area contributed by atoms with Crippen molar-refractivity contribution in [2.24, 2.45) is 0 Å². The van der Waals surface area contributed by atoms with Gasteiger partial charge in [0.1, 0.15) is 0 Å². The molecule has 1 amide bonds. The molecule has 1 N–H and O–H groups in total. The lowest BCUT2D eigenvalue weighted by Crippen LogP contribution is -2.19. The fraction of sp³-hybridized carbons (Fsp3) is 0.182. The molecule has 2 aromatic carbocycles. The first-order valence-corrected chi connectivity index (χ1v) is 9.12.